The summed E-state index contributed by atoms with van der Waals surface area (Å²) in [6.07, 6.45) is 8.31. The van der Waals surface area contributed by atoms with Gasteiger partial charge in [-0.15, -0.1) is 10.2 Å². The number of rotatable bonds is 7. The van der Waals surface area contributed by atoms with Gasteiger partial charge in [0.05, 0.1) is 11.8 Å². The Hall–Kier alpha value is -1.86. The van der Waals surface area contributed by atoms with Gasteiger partial charge < -0.3 is 4.90 Å². The Bertz CT molecular complexity index is 849. The van der Waals surface area contributed by atoms with Gasteiger partial charge in [0.25, 0.3) is 0 Å². The largest absolute Gasteiger partial charge is 0.339 e. The molecule has 0 N–H and O–H groups in total. The van der Waals surface area contributed by atoms with Gasteiger partial charge in [0.2, 0.25) is 5.91 Å². The van der Waals surface area contributed by atoms with Crippen LogP contribution in [-0.4, -0.2) is 61.4 Å². The van der Waals surface area contributed by atoms with Crippen LogP contribution >= 0.6 is 11.8 Å². The number of hydrogen-bond acceptors (Lipinski definition) is 5. The molecule has 0 bridgehead atoms. The van der Waals surface area contributed by atoms with Gasteiger partial charge in [-0.25, -0.2) is 0 Å². The normalized spacial score (nSPS) is 21.2. The van der Waals surface area contributed by atoms with Crippen LogP contribution < -0.4 is 0 Å². The first-order valence-electron chi connectivity index (χ1n) is 11.9. The third-order valence-electron chi connectivity index (χ3n) is 6.54. The Morgan fingerprint density at radius 2 is 1.81 bits per heavy atom. The molecule has 2 aromatic rings. The highest BCUT2D eigenvalue weighted by molar-refractivity contribution is 8.00. The number of para-hydroxylation sites is 1. The molecule has 0 aliphatic carbocycles. The standard InChI is InChI=1S/C24H35N5OS/c1-3-20-12-8-11-17-28(20)23(30)19(2)31-24-26-25-22(18-27-15-9-5-10-16-27)29(24)21-13-6-4-7-14-21/h4,6-7,13-14,19-20H,3,5,8-12,15-18H2,1-2H3/t19-,20+/m1/s1. The van der Waals surface area contributed by atoms with Crippen molar-refractivity contribution in [3.63, 3.8) is 0 Å². The summed E-state index contributed by atoms with van der Waals surface area (Å²) in [7, 11) is 0. The van der Waals surface area contributed by atoms with E-state index in [9.17, 15) is 4.79 Å². The summed E-state index contributed by atoms with van der Waals surface area (Å²) < 4.78 is 2.15. The van der Waals surface area contributed by atoms with E-state index in [0.717, 1.165) is 62.1 Å². The number of carbonyl (C=O) groups excluding carboxylic acids is 1. The van der Waals surface area contributed by atoms with Crippen molar-refractivity contribution in [1.82, 2.24) is 24.6 Å². The molecule has 3 heterocycles. The minimum absolute atomic E-state index is 0.179. The number of benzene rings is 1. The van der Waals surface area contributed by atoms with Crippen LogP contribution in [0.3, 0.4) is 0 Å². The topological polar surface area (TPSA) is 54.3 Å². The number of likely N-dealkylation sites (tertiary alicyclic amines) is 2. The average molecular weight is 442 g/mol. The zero-order chi connectivity index (χ0) is 21.6. The zero-order valence-electron chi connectivity index (χ0n) is 18.9. The number of nitrogens with zero attached hydrogens (tertiary/aromatic N) is 5. The highest BCUT2D eigenvalue weighted by Gasteiger charge is 2.30. The predicted octanol–water partition coefficient (Wildman–Crippen LogP) is 4.52. The second-order valence-electron chi connectivity index (χ2n) is 8.76. The van der Waals surface area contributed by atoms with Crippen molar-refractivity contribution in [2.75, 3.05) is 19.6 Å². The number of piperidine rings is 2. The van der Waals surface area contributed by atoms with Gasteiger partial charge in [-0.1, -0.05) is 43.3 Å². The van der Waals surface area contributed by atoms with E-state index in [4.69, 9.17) is 0 Å². The number of hydrogen-bond donors (Lipinski definition) is 0. The monoisotopic (exact) mass is 441 g/mol. The maximum Gasteiger partial charge on any atom is 0.236 e. The summed E-state index contributed by atoms with van der Waals surface area (Å²) in [6.45, 7) is 8.12. The van der Waals surface area contributed by atoms with E-state index in [1.165, 1.54) is 25.7 Å². The molecular weight excluding hydrogens is 406 g/mol. The molecule has 2 saturated heterocycles. The molecule has 168 valence electrons. The fraction of sp³-hybridized carbons (Fsp3) is 0.625. The van der Waals surface area contributed by atoms with Gasteiger partial charge in [0, 0.05) is 18.3 Å². The third-order valence-corrected chi connectivity index (χ3v) is 7.57. The quantitative estimate of drug-likeness (QED) is 0.591. The zero-order valence-corrected chi connectivity index (χ0v) is 19.7. The van der Waals surface area contributed by atoms with Crippen molar-refractivity contribution in [2.45, 2.75) is 81.8 Å². The molecule has 4 rings (SSSR count). The predicted molar refractivity (Wildman–Crippen MR) is 125 cm³/mol. The van der Waals surface area contributed by atoms with Crippen LogP contribution in [0.1, 0.15) is 64.6 Å². The molecule has 31 heavy (non-hydrogen) atoms. The Morgan fingerprint density at radius 1 is 1.06 bits per heavy atom. The van der Waals surface area contributed by atoms with Crippen LogP contribution in [0.2, 0.25) is 0 Å². The lowest BCUT2D eigenvalue weighted by Crippen LogP contribution is -2.46. The second kappa shape index (κ2) is 10.6. The first-order valence-corrected chi connectivity index (χ1v) is 12.7. The van der Waals surface area contributed by atoms with Crippen molar-refractivity contribution >= 4 is 17.7 Å². The van der Waals surface area contributed by atoms with Crippen molar-refractivity contribution in [3.05, 3.63) is 36.2 Å². The van der Waals surface area contributed by atoms with Crippen molar-refractivity contribution in [2.24, 2.45) is 0 Å². The number of amides is 1. The van der Waals surface area contributed by atoms with Crippen LogP contribution in [0, 0.1) is 0 Å². The summed E-state index contributed by atoms with van der Waals surface area (Å²) in [4.78, 5) is 17.9. The fourth-order valence-electron chi connectivity index (χ4n) is 4.79. The van der Waals surface area contributed by atoms with Crippen LogP contribution in [0.15, 0.2) is 35.5 Å². The van der Waals surface area contributed by atoms with Crippen LogP contribution in [-0.2, 0) is 11.3 Å². The average Bonchev–Trinajstić information content (AvgIpc) is 3.21. The molecule has 2 atom stereocenters. The van der Waals surface area contributed by atoms with Crippen molar-refractivity contribution in [3.8, 4) is 5.69 Å². The summed E-state index contributed by atoms with van der Waals surface area (Å²) in [5.41, 5.74) is 1.06. The number of aromatic nitrogens is 3. The highest BCUT2D eigenvalue weighted by atomic mass is 32.2. The maximum absolute atomic E-state index is 13.3. The van der Waals surface area contributed by atoms with Gasteiger partial charge in [0.15, 0.2) is 11.0 Å². The lowest BCUT2D eigenvalue weighted by molar-refractivity contribution is -0.134. The Kier molecular flexibility index (Phi) is 7.67. The third kappa shape index (κ3) is 5.32. The molecule has 1 amide bonds. The van der Waals surface area contributed by atoms with Crippen molar-refractivity contribution < 1.29 is 4.79 Å². The van der Waals surface area contributed by atoms with Gasteiger partial charge in [-0.2, -0.15) is 0 Å². The minimum atomic E-state index is -0.179. The fourth-order valence-corrected chi connectivity index (χ4v) is 5.75. The number of carbonyl (C=O) groups is 1. The second-order valence-corrected chi connectivity index (χ2v) is 10.1. The molecule has 0 unspecified atom stereocenters. The summed E-state index contributed by atoms with van der Waals surface area (Å²) in [6, 6.07) is 10.7. The molecule has 0 saturated carbocycles. The smallest absolute Gasteiger partial charge is 0.236 e. The maximum atomic E-state index is 13.3. The molecule has 1 aromatic carbocycles. The molecule has 0 spiro atoms. The molecular formula is C24H35N5OS. The van der Waals surface area contributed by atoms with E-state index in [-0.39, 0.29) is 11.2 Å². The Labute approximate surface area is 190 Å². The summed E-state index contributed by atoms with van der Waals surface area (Å²) >= 11 is 1.54. The molecule has 2 fully saturated rings. The Morgan fingerprint density at radius 3 is 2.55 bits per heavy atom. The van der Waals surface area contributed by atoms with Crippen LogP contribution in [0.5, 0.6) is 0 Å². The molecule has 7 heteroatoms. The van der Waals surface area contributed by atoms with E-state index < -0.39 is 0 Å². The Balaban J connectivity index is 1.55. The van der Waals surface area contributed by atoms with Gasteiger partial charge in [0.1, 0.15) is 0 Å². The summed E-state index contributed by atoms with van der Waals surface area (Å²) in [5.74, 6) is 1.19. The van der Waals surface area contributed by atoms with E-state index in [2.05, 4.69) is 43.6 Å². The first kappa shape index (κ1) is 22.3. The highest BCUT2D eigenvalue weighted by Crippen LogP contribution is 2.29. The van der Waals surface area contributed by atoms with Gasteiger partial charge >= 0.3 is 0 Å². The van der Waals surface area contributed by atoms with Crippen LogP contribution in [0.25, 0.3) is 5.69 Å². The molecule has 0 radical (unpaired) electrons. The first-order chi connectivity index (χ1) is 15.2. The van der Waals surface area contributed by atoms with E-state index in [1.54, 1.807) is 11.8 Å². The van der Waals surface area contributed by atoms with Gasteiger partial charge in [-0.05, 0) is 70.7 Å². The molecule has 2 aliphatic rings. The minimum Gasteiger partial charge on any atom is -0.339 e. The summed E-state index contributed by atoms with van der Waals surface area (Å²) in [5, 5.41) is 9.74. The molecule has 2 aliphatic heterocycles. The van der Waals surface area contributed by atoms with E-state index >= 15 is 0 Å². The lowest BCUT2D eigenvalue weighted by Gasteiger charge is -2.36. The van der Waals surface area contributed by atoms with Gasteiger partial charge in [-0.3, -0.25) is 14.3 Å². The molecule has 6 nitrogen and oxygen atoms in total. The SMILES string of the molecule is CC[C@H]1CCCCN1C(=O)[C@@H](C)Sc1nnc(CN2CCCCC2)n1-c1ccccc1. The van der Waals surface area contributed by atoms with Crippen LogP contribution in [0.4, 0.5) is 0 Å². The number of thioether (sulfide) groups is 1. The van der Waals surface area contributed by atoms with E-state index in [1.807, 2.05) is 25.1 Å². The molecule has 1 aromatic heterocycles. The lowest BCUT2D eigenvalue weighted by atomic mass is 10.00. The van der Waals surface area contributed by atoms with E-state index in [0.29, 0.717) is 6.04 Å². The van der Waals surface area contributed by atoms with Crippen molar-refractivity contribution in [1.29, 1.82) is 0 Å².